The van der Waals surface area contributed by atoms with Crippen molar-refractivity contribution in [2.75, 3.05) is 17.1 Å². The van der Waals surface area contributed by atoms with Crippen LogP contribution in [0.3, 0.4) is 0 Å². The van der Waals surface area contributed by atoms with E-state index < -0.39 is 21.6 Å². The largest absolute Gasteiger partial charge is 0.295 e. The number of hydrogen-bond donors (Lipinski definition) is 0. The van der Waals surface area contributed by atoms with Crippen LogP contribution in [0.5, 0.6) is 0 Å². The van der Waals surface area contributed by atoms with Crippen LogP contribution in [0.25, 0.3) is 0 Å². The van der Waals surface area contributed by atoms with Gasteiger partial charge in [-0.2, -0.15) is 0 Å². The first-order chi connectivity index (χ1) is 7.83. The molecule has 0 unspecified atom stereocenters. The Bertz CT molecular complexity index is 618. The first-order valence-corrected chi connectivity index (χ1v) is 6.58. The van der Waals surface area contributed by atoms with Gasteiger partial charge in [0.05, 0.1) is 5.69 Å². The molecule has 17 heavy (non-hydrogen) atoms. The van der Waals surface area contributed by atoms with Crippen LogP contribution in [0, 0.1) is 0 Å². The summed E-state index contributed by atoms with van der Waals surface area (Å²) in [6.07, 6.45) is 0. The summed E-state index contributed by atoms with van der Waals surface area (Å²) in [4.78, 5) is 22.9. The van der Waals surface area contributed by atoms with E-state index in [2.05, 4.69) is 0 Å². The van der Waals surface area contributed by atoms with Gasteiger partial charge in [0, 0.05) is 18.2 Å². The first-order valence-electron chi connectivity index (χ1n) is 4.98. The van der Waals surface area contributed by atoms with Crippen molar-refractivity contribution in [2.45, 2.75) is 6.92 Å². The lowest BCUT2D eigenvalue weighted by molar-refractivity contribution is 0.100. The standard InChI is InChI=1S/C11H11NO4S/c1-7(13)8-3-4-9-10(5-8)12(2)17(15,16)6-11(9)14/h3-5H,6H2,1-2H3. The second-order valence-corrected chi connectivity index (χ2v) is 5.94. The monoisotopic (exact) mass is 253 g/mol. The summed E-state index contributed by atoms with van der Waals surface area (Å²) in [5, 5.41) is 0. The maximum atomic E-state index is 11.7. The molecule has 1 aliphatic heterocycles. The highest BCUT2D eigenvalue weighted by atomic mass is 32.2. The van der Waals surface area contributed by atoms with Gasteiger partial charge in [0.1, 0.15) is 5.75 Å². The molecule has 0 bridgehead atoms. The molecule has 0 saturated carbocycles. The molecule has 0 saturated heterocycles. The maximum absolute atomic E-state index is 11.7. The minimum atomic E-state index is -3.59. The molecule has 0 spiro atoms. The molecule has 0 radical (unpaired) electrons. The van der Waals surface area contributed by atoms with Crippen LogP contribution >= 0.6 is 0 Å². The Morgan fingerprint density at radius 1 is 1.35 bits per heavy atom. The molecule has 6 heteroatoms. The number of sulfonamides is 1. The summed E-state index contributed by atoms with van der Waals surface area (Å²) in [5.74, 6) is -1.12. The normalized spacial score (nSPS) is 17.8. The predicted molar refractivity (Wildman–Crippen MR) is 63.0 cm³/mol. The van der Waals surface area contributed by atoms with Gasteiger partial charge in [-0.05, 0) is 19.1 Å². The van der Waals surface area contributed by atoms with E-state index in [1.165, 1.54) is 32.2 Å². The molecular weight excluding hydrogens is 242 g/mol. The molecule has 0 N–H and O–H groups in total. The molecular formula is C11H11NO4S. The highest BCUT2D eigenvalue weighted by molar-refractivity contribution is 7.93. The van der Waals surface area contributed by atoms with Gasteiger partial charge in [0.2, 0.25) is 10.0 Å². The third-order valence-corrected chi connectivity index (χ3v) is 4.43. The molecule has 90 valence electrons. The Hall–Kier alpha value is -1.69. The van der Waals surface area contributed by atoms with Gasteiger partial charge in [-0.1, -0.05) is 6.07 Å². The van der Waals surface area contributed by atoms with Crippen molar-refractivity contribution in [1.29, 1.82) is 0 Å². The van der Waals surface area contributed by atoms with Crippen LogP contribution in [0.2, 0.25) is 0 Å². The van der Waals surface area contributed by atoms with Crippen molar-refractivity contribution < 1.29 is 18.0 Å². The fourth-order valence-corrected chi connectivity index (χ4v) is 2.87. The zero-order valence-corrected chi connectivity index (χ0v) is 10.2. The Kier molecular flexibility index (Phi) is 2.54. The number of Topliss-reactive ketones (excluding diaryl/α,β-unsaturated/α-hetero) is 2. The Balaban J connectivity index is 2.68. The summed E-state index contributed by atoms with van der Waals surface area (Å²) >= 11 is 0. The zero-order chi connectivity index (χ0) is 12.8. The van der Waals surface area contributed by atoms with E-state index in [9.17, 15) is 18.0 Å². The van der Waals surface area contributed by atoms with E-state index in [1.807, 2.05) is 0 Å². The van der Waals surface area contributed by atoms with Crippen LogP contribution in [-0.2, 0) is 10.0 Å². The van der Waals surface area contributed by atoms with Crippen molar-refractivity contribution in [3.8, 4) is 0 Å². The molecule has 5 nitrogen and oxygen atoms in total. The number of ketones is 2. The van der Waals surface area contributed by atoms with Crippen molar-refractivity contribution >= 4 is 27.3 Å². The number of benzene rings is 1. The lowest BCUT2D eigenvalue weighted by Crippen LogP contribution is -2.38. The van der Waals surface area contributed by atoms with Gasteiger partial charge < -0.3 is 0 Å². The van der Waals surface area contributed by atoms with Gasteiger partial charge in [0.25, 0.3) is 0 Å². The van der Waals surface area contributed by atoms with Gasteiger partial charge >= 0.3 is 0 Å². The van der Waals surface area contributed by atoms with Crippen LogP contribution in [0.15, 0.2) is 18.2 Å². The number of nitrogens with zero attached hydrogens (tertiary/aromatic N) is 1. The fraction of sp³-hybridized carbons (Fsp3) is 0.273. The highest BCUT2D eigenvalue weighted by Crippen LogP contribution is 2.29. The van der Waals surface area contributed by atoms with Gasteiger partial charge in [-0.15, -0.1) is 0 Å². The number of hydrogen-bond acceptors (Lipinski definition) is 4. The summed E-state index contributed by atoms with van der Waals surface area (Å²) in [6, 6.07) is 4.47. The van der Waals surface area contributed by atoms with Gasteiger partial charge in [-0.25, -0.2) is 8.42 Å². The van der Waals surface area contributed by atoms with E-state index in [0.717, 1.165) is 4.31 Å². The number of fused-ring (bicyclic) bond motifs is 1. The van der Waals surface area contributed by atoms with Crippen molar-refractivity contribution in [3.05, 3.63) is 29.3 Å². The topological polar surface area (TPSA) is 71.5 Å². The summed E-state index contributed by atoms with van der Waals surface area (Å²) in [5.41, 5.74) is 1.00. The summed E-state index contributed by atoms with van der Waals surface area (Å²) in [7, 11) is -2.21. The van der Waals surface area contributed by atoms with Crippen LogP contribution < -0.4 is 4.31 Å². The molecule has 1 heterocycles. The van der Waals surface area contributed by atoms with Crippen molar-refractivity contribution in [2.24, 2.45) is 0 Å². The van der Waals surface area contributed by atoms with E-state index in [4.69, 9.17) is 0 Å². The number of carbonyl (C=O) groups excluding carboxylic acids is 2. The van der Waals surface area contributed by atoms with Crippen LogP contribution in [0.4, 0.5) is 5.69 Å². The quantitative estimate of drug-likeness (QED) is 0.696. The smallest absolute Gasteiger partial charge is 0.242 e. The third-order valence-electron chi connectivity index (χ3n) is 2.77. The number of anilines is 1. The zero-order valence-electron chi connectivity index (χ0n) is 9.43. The second kappa shape index (κ2) is 3.66. The highest BCUT2D eigenvalue weighted by Gasteiger charge is 2.32. The molecule has 2 rings (SSSR count). The van der Waals surface area contributed by atoms with E-state index >= 15 is 0 Å². The second-order valence-electron chi connectivity index (χ2n) is 3.94. The maximum Gasteiger partial charge on any atom is 0.242 e. The van der Waals surface area contributed by atoms with Crippen LogP contribution in [0.1, 0.15) is 27.6 Å². The number of carbonyl (C=O) groups is 2. The molecule has 1 aliphatic rings. The van der Waals surface area contributed by atoms with E-state index in [1.54, 1.807) is 0 Å². The van der Waals surface area contributed by atoms with Gasteiger partial charge in [-0.3, -0.25) is 13.9 Å². The lowest BCUT2D eigenvalue weighted by Gasteiger charge is -2.26. The third kappa shape index (κ3) is 1.84. The first kappa shape index (κ1) is 11.8. The Morgan fingerprint density at radius 2 is 2.00 bits per heavy atom. The predicted octanol–water partition coefficient (Wildman–Crippen LogP) is 0.851. The fourth-order valence-electron chi connectivity index (χ4n) is 1.74. The Morgan fingerprint density at radius 3 is 2.59 bits per heavy atom. The summed E-state index contributed by atoms with van der Waals surface area (Å²) in [6.45, 7) is 1.39. The van der Waals surface area contributed by atoms with Crippen molar-refractivity contribution in [3.63, 3.8) is 0 Å². The molecule has 1 aromatic rings. The minimum Gasteiger partial charge on any atom is -0.295 e. The average molecular weight is 253 g/mol. The van der Waals surface area contributed by atoms with Crippen LogP contribution in [-0.4, -0.2) is 32.8 Å². The SMILES string of the molecule is CC(=O)c1ccc2c(c1)N(C)S(=O)(=O)CC2=O. The molecule has 0 aromatic heterocycles. The van der Waals surface area contributed by atoms with E-state index in [-0.39, 0.29) is 11.5 Å². The summed E-state index contributed by atoms with van der Waals surface area (Å²) < 4.78 is 24.4. The molecule has 0 aliphatic carbocycles. The molecule has 0 amide bonds. The number of rotatable bonds is 1. The molecule has 0 atom stereocenters. The van der Waals surface area contributed by atoms with E-state index in [0.29, 0.717) is 11.1 Å². The molecule has 0 fully saturated rings. The van der Waals surface area contributed by atoms with Gasteiger partial charge in [0.15, 0.2) is 11.6 Å². The van der Waals surface area contributed by atoms with Crippen molar-refractivity contribution in [1.82, 2.24) is 0 Å². The Labute approximate surface area is 99.1 Å². The minimum absolute atomic E-state index is 0.170. The average Bonchev–Trinajstić information content (AvgIpc) is 2.25. The molecule has 1 aromatic carbocycles. The lowest BCUT2D eigenvalue weighted by atomic mass is 10.0.